The first kappa shape index (κ1) is 43.2. The summed E-state index contributed by atoms with van der Waals surface area (Å²) in [6.07, 6.45) is 9.81. The van der Waals surface area contributed by atoms with Crippen molar-refractivity contribution in [1.29, 1.82) is 0 Å². The van der Waals surface area contributed by atoms with Gasteiger partial charge in [-0.3, -0.25) is 4.79 Å². The number of unbranched alkanes of at least 4 members (excludes halogenated alkanes) is 6. The zero-order valence-corrected chi connectivity index (χ0v) is 30.2. The third-order valence-electron chi connectivity index (χ3n) is 6.80. The van der Waals surface area contributed by atoms with E-state index in [4.69, 9.17) is 25.7 Å². The molecule has 0 aliphatic heterocycles. The average molecular weight is 644 g/mol. The van der Waals surface area contributed by atoms with Crippen molar-refractivity contribution >= 4 is 17.9 Å². The molecule has 0 radical (unpaired) electrons. The van der Waals surface area contributed by atoms with Crippen LogP contribution in [0.25, 0.3) is 0 Å². The van der Waals surface area contributed by atoms with E-state index in [1.165, 1.54) is 32.1 Å². The Bertz CT molecular complexity index is 804. The third-order valence-corrected chi connectivity index (χ3v) is 6.80. The molecule has 0 aliphatic rings. The summed E-state index contributed by atoms with van der Waals surface area (Å²) >= 11 is 0. The number of carbonyl (C=O) groups excluding carboxylic acids is 3. The third kappa shape index (κ3) is 21.6. The molecule has 0 aliphatic carbocycles. The van der Waals surface area contributed by atoms with Crippen LogP contribution in [0, 0.1) is 5.92 Å². The average Bonchev–Trinajstić information content (AvgIpc) is 2.88. The zero-order chi connectivity index (χ0) is 34.6. The lowest BCUT2D eigenvalue weighted by Crippen LogP contribution is -2.65. The van der Waals surface area contributed by atoms with Gasteiger partial charge in [-0.05, 0) is 134 Å². The molecule has 0 aromatic rings. The summed E-state index contributed by atoms with van der Waals surface area (Å²) in [6.45, 7) is 21.6. The fraction of sp³-hybridized carbons (Fsp3) is 0.912. The van der Waals surface area contributed by atoms with Crippen LogP contribution >= 0.6 is 0 Å². The molecule has 0 saturated heterocycles. The predicted octanol–water partition coefficient (Wildman–Crippen LogP) is 3.95. The second kappa shape index (κ2) is 21.9. The highest BCUT2D eigenvalue weighted by Gasteiger charge is 2.57. The lowest BCUT2D eigenvalue weighted by atomic mass is 9.80. The fourth-order valence-electron chi connectivity index (χ4n) is 4.57. The minimum Gasteiger partial charge on any atom is -0.460 e. The summed E-state index contributed by atoms with van der Waals surface area (Å²) in [5, 5.41) is 10.4. The van der Waals surface area contributed by atoms with E-state index < -0.39 is 46.2 Å². The first-order valence-corrected chi connectivity index (χ1v) is 17.1. The Morgan fingerprint density at radius 2 is 0.889 bits per heavy atom. The van der Waals surface area contributed by atoms with Crippen LogP contribution in [0.1, 0.15) is 127 Å². The quantitative estimate of drug-likeness (QED) is 0.0447. The smallest absolute Gasteiger partial charge is 0.339 e. The molecule has 0 heterocycles. The number of carbonyl (C=O) groups is 3. The van der Waals surface area contributed by atoms with Crippen LogP contribution in [0.4, 0.5) is 0 Å². The number of hydrogen-bond donors (Lipinski definition) is 5. The normalized spacial score (nSPS) is 13.4. The largest absolute Gasteiger partial charge is 0.460 e. The van der Waals surface area contributed by atoms with Gasteiger partial charge in [-0.2, -0.15) is 0 Å². The van der Waals surface area contributed by atoms with Gasteiger partial charge >= 0.3 is 17.9 Å². The van der Waals surface area contributed by atoms with E-state index >= 15 is 0 Å². The standard InChI is InChI=1S/C34H69N5O6/c1-31(2,3)43-28(40)27(34(36,29(41)44-32(4,5)6)30(42)45-33(7,8)9)19-13-18-24-39-26-25-38-23-17-12-16-22-37-21-15-11-10-14-20-35/h27,37-39H,10-26,35-36H2,1-9H3. The topological polar surface area (TPSA) is 167 Å². The SMILES string of the molecule is CC(C)(C)OC(=O)C(CCCCNCCNCCCCCNCCCCCCN)C(N)(C(=O)OC(C)(C)C)C(=O)OC(C)(C)C. The van der Waals surface area contributed by atoms with Crippen molar-refractivity contribution in [2.45, 2.75) is 149 Å². The summed E-state index contributed by atoms with van der Waals surface area (Å²) in [7, 11) is 0. The van der Waals surface area contributed by atoms with Crippen molar-refractivity contribution in [3.05, 3.63) is 0 Å². The highest BCUT2D eigenvalue weighted by molar-refractivity contribution is 6.08. The molecular formula is C34H69N5O6. The molecule has 266 valence electrons. The van der Waals surface area contributed by atoms with Crippen LogP contribution in [0.2, 0.25) is 0 Å². The predicted molar refractivity (Wildman–Crippen MR) is 182 cm³/mol. The van der Waals surface area contributed by atoms with E-state index in [2.05, 4.69) is 16.0 Å². The van der Waals surface area contributed by atoms with E-state index in [9.17, 15) is 14.4 Å². The molecule has 0 spiro atoms. The highest BCUT2D eigenvalue weighted by Crippen LogP contribution is 2.30. The second-order valence-corrected chi connectivity index (χ2v) is 15.0. The highest BCUT2D eigenvalue weighted by atomic mass is 16.6. The molecule has 11 heteroatoms. The van der Waals surface area contributed by atoms with Gasteiger partial charge in [0.15, 0.2) is 0 Å². The van der Waals surface area contributed by atoms with E-state index in [1.807, 2.05) is 0 Å². The number of esters is 3. The molecule has 0 bridgehead atoms. The maximum Gasteiger partial charge on any atom is 0.339 e. The van der Waals surface area contributed by atoms with E-state index in [1.54, 1.807) is 62.3 Å². The monoisotopic (exact) mass is 644 g/mol. The van der Waals surface area contributed by atoms with Crippen molar-refractivity contribution in [1.82, 2.24) is 16.0 Å². The molecule has 1 atom stereocenters. The van der Waals surface area contributed by atoms with E-state index in [-0.39, 0.29) is 6.42 Å². The number of nitrogens with two attached hydrogens (primary N) is 2. The fourth-order valence-corrected chi connectivity index (χ4v) is 4.57. The number of rotatable bonds is 24. The molecule has 0 aromatic carbocycles. The molecule has 0 saturated carbocycles. The summed E-state index contributed by atoms with van der Waals surface area (Å²) in [6, 6.07) is 0. The number of nitrogens with one attached hydrogen (secondary N) is 3. The Morgan fingerprint density at radius 3 is 1.29 bits per heavy atom. The Kier molecular flexibility index (Phi) is 21.0. The zero-order valence-electron chi connectivity index (χ0n) is 30.2. The van der Waals surface area contributed by atoms with E-state index in [0.717, 1.165) is 65.1 Å². The molecule has 45 heavy (non-hydrogen) atoms. The van der Waals surface area contributed by atoms with Gasteiger partial charge in [0.25, 0.3) is 0 Å². The van der Waals surface area contributed by atoms with E-state index in [0.29, 0.717) is 6.42 Å². The van der Waals surface area contributed by atoms with Crippen LogP contribution < -0.4 is 27.4 Å². The summed E-state index contributed by atoms with van der Waals surface area (Å²) in [4.78, 5) is 40.3. The molecule has 7 N–H and O–H groups in total. The summed E-state index contributed by atoms with van der Waals surface area (Å²) in [5.41, 5.74) is 7.03. The van der Waals surface area contributed by atoms with Crippen LogP contribution in [0.3, 0.4) is 0 Å². The molecule has 0 aromatic heterocycles. The Labute approximate surface area is 274 Å². The van der Waals surface area contributed by atoms with Crippen molar-refractivity contribution in [3.8, 4) is 0 Å². The summed E-state index contributed by atoms with van der Waals surface area (Å²) < 4.78 is 16.7. The Hall–Kier alpha value is -1.79. The van der Waals surface area contributed by atoms with Gasteiger partial charge in [0.2, 0.25) is 5.54 Å². The Morgan fingerprint density at radius 1 is 0.533 bits per heavy atom. The minimum atomic E-state index is -2.36. The van der Waals surface area contributed by atoms with Crippen molar-refractivity contribution in [2.75, 3.05) is 45.8 Å². The lowest BCUT2D eigenvalue weighted by Gasteiger charge is -2.37. The van der Waals surface area contributed by atoms with Gasteiger partial charge in [-0.15, -0.1) is 0 Å². The molecule has 0 fully saturated rings. The molecule has 1 unspecified atom stereocenters. The molecular weight excluding hydrogens is 574 g/mol. The number of hydrogen-bond acceptors (Lipinski definition) is 11. The molecule has 0 amide bonds. The first-order chi connectivity index (χ1) is 20.8. The second-order valence-electron chi connectivity index (χ2n) is 15.0. The van der Waals surface area contributed by atoms with Crippen molar-refractivity contribution < 1.29 is 28.6 Å². The van der Waals surface area contributed by atoms with Gasteiger partial charge in [0.05, 0.1) is 5.92 Å². The minimum absolute atomic E-state index is 0.160. The van der Waals surface area contributed by atoms with Crippen LogP contribution in [-0.2, 0) is 28.6 Å². The van der Waals surface area contributed by atoms with Gasteiger partial charge in [-0.25, -0.2) is 9.59 Å². The van der Waals surface area contributed by atoms with Gasteiger partial charge in [-0.1, -0.05) is 25.7 Å². The van der Waals surface area contributed by atoms with Crippen LogP contribution in [0.5, 0.6) is 0 Å². The Balaban J connectivity index is 4.76. The van der Waals surface area contributed by atoms with Crippen molar-refractivity contribution in [3.63, 3.8) is 0 Å². The van der Waals surface area contributed by atoms with Gasteiger partial charge < -0.3 is 41.6 Å². The van der Waals surface area contributed by atoms with Crippen LogP contribution in [0.15, 0.2) is 0 Å². The summed E-state index contributed by atoms with van der Waals surface area (Å²) in [5.74, 6) is -4.02. The van der Waals surface area contributed by atoms with Gasteiger partial charge in [0, 0.05) is 13.1 Å². The maximum atomic E-state index is 13.4. The molecule has 0 rings (SSSR count). The molecule has 11 nitrogen and oxygen atoms in total. The lowest BCUT2D eigenvalue weighted by molar-refractivity contribution is -0.188. The van der Waals surface area contributed by atoms with Gasteiger partial charge in [0.1, 0.15) is 16.8 Å². The maximum absolute atomic E-state index is 13.4. The first-order valence-electron chi connectivity index (χ1n) is 17.1. The van der Waals surface area contributed by atoms with Crippen molar-refractivity contribution in [2.24, 2.45) is 17.4 Å². The van der Waals surface area contributed by atoms with Crippen LogP contribution in [-0.4, -0.2) is 86.1 Å². The number of ether oxygens (including phenoxy) is 3.